The van der Waals surface area contributed by atoms with Gasteiger partial charge in [0, 0.05) is 18.2 Å². The van der Waals surface area contributed by atoms with Gasteiger partial charge >= 0.3 is 6.09 Å². The summed E-state index contributed by atoms with van der Waals surface area (Å²) in [7, 11) is 0. The van der Waals surface area contributed by atoms with Crippen LogP contribution in [0.2, 0.25) is 0 Å². The number of nitrogens with zero attached hydrogens (tertiary/aromatic N) is 1. The molecule has 1 aromatic carbocycles. The van der Waals surface area contributed by atoms with Gasteiger partial charge in [0.25, 0.3) is 0 Å². The molecule has 3 amide bonds. The third kappa shape index (κ3) is 7.87. The molecule has 5 atom stereocenters. The molecule has 196 valence electrons. The Morgan fingerprint density at radius 2 is 1.83 bits per heavy atom. The number of nitrogens with one attached hydrogen (secondary N) is 2. The Balaban J connectivity index is 2.48. The average Bonchev–Trinajstić information content (AvgIpc) is 3.50. The summed E-state index contributed by atoms with van der Waals surface area (Å²) in [4.78, 5) is 41.8. The normalized spacial score (nSPS) is 19.7. The number of ether oxygens (including phenoxy) is 1. The van der Waals surface area contributed by atoms with E-state index in [1.165, 1.54) is 6.07 Å². The van der Waals surface area contributed by atoms with E-state index in [0.29, 0.717) is 18.5 Å². The fraction of sp³-hybridized carbons (Fsp3) is 0.667. The summed E-state index contributed by atoms with van der Waals surface area (Å²) in [6, 6.07) is 4.56. The number of unbranched alkanes of at least 4 members (excludes halogenated alkanes) is 1. The van der Waals surface area contributed by atoms with Crippen LogP contribution in [0.4, 0.5) is 4.79 Å². The number of amides is 3. The molecule has 0 heterocycles. The van der Waals surface area contributed by atoms with Crippen molar-refractivity contribution in [3.8, 4) is 5.75 Å². The highest BCUT2D eigenvalue weighted by Gasteiger charge is 2.49. The lowest BCUT2D eigenvalue weighted by atomic mass is 9.95. The van der Waals surface area contributed by atoms with Crippen LogP contribution in [-0.4, -0.2) is 52.1 Å². The first-order valence-electron chi connectivity index (χ1n) is 12.8. The van der Waals surface area contributed by atoms with E-state index in [0.717, 1.165) is 19.3 Å². The summed E-state index contributed by atoms with van der Waals surface area (Å²) in [5, 5.41) is 16.4. The monoisotopic (exact) mass is 489 g/mol. The second kappa shape index (κ2) is 12.3. The van der Waals surface area contributed by atoms with Crippen LogP contribution in [0.3, 0.4) is 0 Å². The van der Waals surface area contributed by atoms with Crippen molar-refractivity contribution in [3.63, 3.8) is 0 Å². The van der Waals surface area contributed by atoms with E-state index in [-0.39, 0.29) is 35.4 Å². The number of phenolic OH excluding ortho intramolecular Hbond substituents is 1. The fourth-order valence-electron chi connectivity index (χ4n) is 4.07. The van der Waals surface area contributed by atoms with Gasteiger partial charge < -0.3 is 25.4 Å². The Hall–Kier alpha value is -2.77. The Morgan fingerprint density at radius 3 is 2.34 bits per heavy atom. The van der Waals surface area contributed by atoms with Crippen molar-refractivity contribution < 1.29 is 24.2 Å². The molecule has 0 bridgehead atoms. The van der Waals surface area contributed by atoms with Gasteiger partial charge in [0.15, 0.2) is 0 Å². The molecular weight excluding hydrogens is 446 g/mol. The van der Waals surface area contributed by atoms with Crippen molar-refractivity contribution >= 4 is 17.9 Å². The lowest BCUT2D eigenvalue weighted by Crippen LogP contribution is -2.56. The number of hydrogen-bond donors (Lipinski definition) is 3. The molecule has 0 spiro atoms. The number of carbonyl (C=O) groups excluding carboxylic acids is 3. The van der Waals surface area contributed by atoms with E-state index in [1.807, 2.05) is 27.7 Å². The van der Waals surface area contributed by atoms with Crippen LogP contribution in [0.25, 0.3) is 0 Å². The summed E-state index contributed by atoms with van der Waals surface area (Å²) in [6.45, 7) is 13.7. The Bertz CT molecular complexity index is 882. The smallest absolute Gasteiger partial charge is 0.408 e. The minimum absolute atomic E-state index is 0.0468. The largest absolute Gasteiger partial charge is 0.508 e. The molecule has 0 aromatic heterocycles. The van der Waals surface area contributed by atoms with Gasteiger partial charge in [-0.05, 0) is 51.5 Å². The molecule has 1 aliphatic rings. The Morgan fingerprint density at radius 1 is 1.20 bits per heavy atom. The second-order valence-electron chi connectivity index (χ2n) is 10.6. The van der Waals surface area contributed by atoms with Crippen LogP contribution >= 0.6 is 0 Å². The van der Waals surface area contributed by atoms with Gasteiger partial charge in [-0.15, -0.1) is 0 Å². The van der Waals surface area contributed by atoms with E-state index in [1.54, 1.807) is 43.9 Å². The SMILES string of the molecule is CCCCNC(=O)C(c1ccccc1O)N(C(=O)C(NC(=O)OC(C)(C)C)C(C)CC)C1CC1C. The van der Waals surface area contributed by atoms with E-state index >= 15 is 0 Å². The zero-order valence-corrected chi connectivity index (χ0v) is 22.3. The molecule has 1 aromatic rings. The van der Waals surface area contributed by atoms with Crippen molar-refractivity contribution in [1.29, 1.82) is 0 Å². The first kappa shape index (κ1) is 28.5. The number of alkyl carbamates (subject to hydrolysis) is 1. The molecule has 0 saturated heterocycles. The summed E-state index contributed by atoms with van der Waals surface area (Å²) < 4.78 is 5.43. The number of phenols is 1. The molecule has 0 radical (unpaired) electrons. The van der Waals surface area contributed by atoms with Crippen LogP contribution in [0, 0.1) is 11.8 Å². The first-order chi connectivity index (χ1) is 16.4. The van der Waals surface area contributed by atoms with Gasteiger partial charge in [-0.25, -0.2) is 4.79 Å². The lowest BCUT2D eigenvalue weighted by molar-refractivity contribution is -0.144. The molecule has 3 N–H and O–H groups in total. The zero-order chi connectivity index (χ0) is 26.3. The highest BCUT2D eigenvalue weighted by molar-refractivity contribution is 5.93. The van der Waals surface area contributed by atoms with Gasteiger partial charge in [-0.3, -0.25) is 9.59 Å². The van der Waals surface area contributed by atoms with Crippen molar-refractivity contribution in [2.24, 2.45) is 11.8 Å². The van der Waals surface area contributed by atoms with Crippen molar-refractivity contribution in [3.05, 3.63) is 29.8 Å². The number of benzene rings is 1. The fourth-order valence-corrected chi connectivity index (χ4v) is 4.07. The van der Waals surface area contributed by atoms with E-state index in [2.05, 4.69) is 10.6 Å². The number of para-hydroxylation sites is 1. The number of rotatable bonds is 11. The van der Waals surface area contributed by atoms with Gasteiger partial charge in [0.1, 0.15) is 23.4 Å². The predicted octanol–water partition coefficient (Wildman–Crippen LogP) is 4.53. The minimum Gasteiger partial charge on any atom is -0.508 e. The van der Waals surface area contributed by atoms with Crippen LogP contribution < -0.4 is 10.6 Å². The van der Waals surface area contributed by atoms with Crippen LogP contribution in [0.5, 0.6) is 5.75 Å². The maximum Gasteiger partial charge on any atom is 0.408 e. The maximum absolute atomic E-state index is 14.1. The molecule has 35 heavy (non-hydrogen) atoms. The van der Waals surface area contributed by atoms with Crippen LogP contribution in [-0.2, 0) is 14.3 Å². The molecule has 0 aliphatic heterocycles. The molecule has 1 aliphatic carbocycles. The quantitative estimate of drug-likeness (QED) is 0.396. The van der Waals surface area contributed by atoms with Gasteiger partial charge in [0.2, 0.25) is 11.8 Å². The predicted molar refractivity (Wildman–Crippen MR) is 136 cm³/mol. The molecule has 5 unspecified atom stereocenters. The molecule has 8 nitrogen and oxygen atoms in total. The maximum atomic E-state index is 14.1. The number of hydrogen-bond acceptors (Lipinski definition) is 5. The zero-order valence-electron chi connectivity index (χ0n) is 22.3. The topological polar surface area (TPSA) is 108 Å². The average molecular weight is 490 g/mol. The molecule has 1 fully saturated rings. The highest BCUT2D eigenvalue weighted by atomic mass is 16.6. The summed E-state index contributed by atoms with van der Waals surface area (Å²) >= 11 is 0. The van der Waals surface area contributed by atoms with E-state index < -0.39 is 23.8 Å². The highest BCUT2D eigenvalue weighted by Crippen LogP contribution is 2.42. The standard InChI is InChI=1S/C27H43N3O5/c1-8-10-15-28-24(32)23(19-13-11-12-14-21(19)31)30(20-16-18(20)4)25(33)22(17(3)9-2)29-26(34)35-27(5,6)7/h11-14,17-18,20,22-23,31H,8-10,15-16H2,1-7H3,(H,28,32)(H,29,34). The number of aromatic hydroxyl groups is 1. The second-order valence-corrected chi connectivity index (χ2v) is 10.6. The summed E-state index contributed by atoms with van der Waals surface area (Å²) in [5.41, 5.74) is -0.343. The molecule has 2 rings (SSSR count). The van der Waals surface area contributed by atoms with Gasteiger partial charge in [0.05, 0.1) is 0 Å². The third-order valence-electron chi connectivity index (χ3n) is 6.42. The van der Waals surface area contributed by atoms with Crippen molar-refractivity contribution in [2.45, 2.75) is 97.9 Å². The molecule has 1 saturated carbocycles. The first-order valence-corrected chi connectivity index (χ1v) is 12.8. The van der Waals surface area contributed by atoms with Crippen LogP contribution in [0.1, 0.15) is 85.8 Å². The van der Waals surface area contributed by atoms with Crippen molar-refractivity contribution in [1.82, 2.24) is 15.5 Å². The Kier molecular flexibility index (Phi) is 9.98. The molecular formula is C27H43N3O5. The minimum atomic E-state index is -1.01. The van der Waals surface area contributed by atoms with Crippen LogP contribution in [0.15, 0.2) is 24.3 Å². The summed E-state index contributed by atoms with van der Waals surface area (Å²) in [6.07, 6.45) is 2.44. The van der Waals surface area contributed by atoms with Crippen molar-refractivity contribution in [2.75, 3.05) is 6.54 Å². The molecule has 8 heteroatoms. The van der Waals surface area contributed by atoms with Gasteiger partial charge in [-0.1, -0.05) is 58.7 Å². The lowest BCUT2D eigenvalue weighted by Gasteiger charge is -2.36. The van der Waals surface area contributed by atoms with E-state index in [4.69, 9.17) is 4.74 Å². The van der Waals surface area contributed by atoms with Gasteiger partial charge in [-0.2, -0.15) is 0 Å². The number of carbonyl (C=O) groups is 3. The third-order valence-corrected chi connectivity index (χ3v) is 6.42. The summed E-state index contributed by atoms with van der Waals surface area (Å²) in [5.74, 6) is -0.727. The van der Waals surface area contributed by atoms with E-state index in [9.17, 15) is 19.5 Å². The Labute approximate surface area is 209 Å².